The highest BCUT2D eigenvalue weighted by Gasteiger charge is 2.30. The van der Waals surface area contributed by atoms with E-state index in [0.717, 1.165) is 23.5 Å². The lowest BCUT2D eigenvalue weighted by atomic mass is 9.94. The minimum Gasteiger partial charge on any atom is -0.481 e. The zero-order chi connectivity index (χ0) is 21.2. The molecule has 0 unspecified atom stereocenters. The molecule has 30 heavy (non-hydrogen) atoms. The fourth-order valence-electron chi connectivity index (χ4n) is 3.13. The lowest BCUT2D eigenvalue weighted by molar-refractivity contribution is -0.139. The molecule has 1 saturated heterocycles. The molecule has 1 aromatic carbocycles. The molecule has 0 radical (unpaired) electrons. The Labute approximate surface area is 182 Å². The van der Waals surface area contributed by atoms with E-state index in [2.05, 4.69) is 4.83 Å². The Kier molecular flexibility index (Phi) is 7.91. The summed E-state index contributed by atoms with van der Waals surface area (Å²) in [4.78, 5) is 13.8. The van der Waals surface area contributed by atoms with Gasteiger partial charge in [0.05, 0.1) is 5.56 Å². The summed E-state index contributed by atoms with van der Waals surface area (Å²) < 4.78 is 63.3. The van der Waals surface area contributed by atoms with Crippen LogP contribution in [0.25, 0.3) is 10.4 Å². The number of nitrogens with one attached hydrogen (secondary N) is 1. The molecule has 1 aromatic heterocycles. The molecular weight excluding hydrogens is 465 g/mol. The third-order valence-electron chi connectivity index (χ3n) is 4.67. The number of sulfonamides is 1. The van der Waals surface area contributed by atoms with E-state index in [9.17, 15) is 26.4 Å². The molecule has 12 heteroatoms. The van der Waals surface area contributed by atoms with Gasteiger partial charge >= 0.3 is 12.1 Å². The first-order valence-corrected chi connectivity index (χ1v) is 11.1. The molecular formula is C18H20ClF3N2O4S2. The molecule has 166 valence electrons. The first-order valence-electron chi connectivity index (χ1n) is 8.81. The highest BCUT2D eigenvalue weighted by atomic mass is 35.5. The van der Waals surface area contributed by atoms with Crippen molar-refractivity contribution >= 4 is 39.7 Å². The number of piperidine rings is 1. The van der Waals surface area contributed by atoms with Crippen LogP contribution < -0.4 is 4.83 Å². The van der Waals surface area contributed by atoms with E-state index < -0.39 is 27.7 Å². The second-order valence-corrected chi connectivity index (χ2v) is 9.79. The molecule has 0 saturated carbocycles. The maximum atomic E-state index is 12.7. The second kappa shape index (κ2) is 9.65. The Bertz CT molecular complexity index is 970. The van der Waals surface area contributed by atoms with E-state index in [0.29, 0.717) is 36.4 Å². The van der Waals surface area contributed by atoms with Gasteiger partial charge in [-0.05, 0) is 48.6 Å². The summed E-state index contributed by atoms with van der Waals surface area (Å²) in [5.41, 5.74) is -0.266. The topological polar surface area (TPSA) is 86.7 Å². The first kappa shape index (κ1) is 24.6. The minimum absolute atomic E-state index is 0. The van der Waals surface area contributed by atoms with Gasteiger partial charge in [0.1, 0.15) is 4.21 Å². The first-order chi connectivity index (χ1) is 13.5. The number of halogens is 4. The van der Waals surface area contributed by atoms with Crippen LogP contribution in [0.15, 0.2) is 40.6 Å². The number of carboxylic acids is 1. The van der Waals surface area contributed by atoms with Crippen LogP contribution in [0.1, 0.15) is 24.8 Å². The number of rotatable bonds is 6. The molecule has 3 rings (SSSR count). The van der Waals surface area contributed by atoms with Crippen molar-refractivity contribution in [3.05, 3.63) is 42.0 Å². The van der Waals surface area contributed by atoms with Gasteiger partial charge in [0.15, 0.2) is 0 Å². The van der Waals surface area contributed by atoms with Crippen molar-refractivity contribution in [1.29, 1.82) is 0 Å². The van der Waals surface area contributed by atoms with Crippen LogP contribution in [0.3, 0.4) is 0 Å². The van der Waals surface area contributed by atoms with E-state index in [4.69, 9.17) is 5.11 Å². The summed E-state index contributed by atoms with van der Waals surface area (Å²) in [5.74, 6) is -0.834. The van der Waals surface area contributed by atoms with Gasteiger partial charge in [0, 0.05) is 24.4 Å². The van der Waals surface area contributed by atoms with Crippen LogP contribution in [-0.4, -0.2) is 37.6 Å². The average molecular weight is 485 g/mol. The molecule has 0 aliphatic carbocycles. The fourth-order valence-corrected chi connectivity index (χ4v) is 5.56. The molecule has 0 spiro atoms. The minimum atomic E-state index is -4.43. The quantitative estimate of drug-likeness (QED) is 0.640. The predicted octanol–water partition coefficient (Wildman–Crippen LogP) is 4.24. The predicted molar refractivity (Wildman–Crippen MR) is 109 cm³/mol. The molecule has 0 atom stereocenters. The van der Waals surface area contributed by atoms with Gasteiger partial charge in [0.25, 0.3) is 10.0 Å². The zero-order valence-electron chi connectivity index (χ0n) is 15.6. The van der Waals surface area contributed by atoms with Gasteiger partial charge < -0.3 is 5.11 Å². The van der Waals surface area contributed by atoms with Crippen LogP contribution in [0.2, 0.25) is 0 Å². The van der Waals surface area contributed by atoms with Crippen LogP contribution in [0.5, 0.6) is 0 Å². The Morgan fingerprint density at radius 2 is 1.73 bits per heavy atom. The largest absolute Gasteiger partial charge is 0.481 e. The number of thiophene rings is 1. The number of carbonyl (C=O) groups is 1. The van der Waals surface area contributed by atoms with Gasteiger partial charge in [-0.1, -0.05) is 12.1 Å². The molecule has 2 heterocycles. The van der Waals surface area contributed by atoms with E-state index in [1.807, 2.05) is 0 Å². The maximum absolute atomic E-state index is 12.7. The number of alkyl halides is 3. The molecule has 0 amide bonds. The SMILES string of the molecule is Cl.O=C(O)CC1CCN(NS(=O)(=O)c2ccc(-c3ccc(C(F)(F)F)cc3)s2)CC1. The van der Waals surface area contributed by atoms with E-state index in [1.54, 1.807) is 11.1 Å². The fraction of sp³-hybridized carbons (Fsp3) is 0.389. The number of hydrogen-bond acceptors (Lipinski definition) is 5. The van der Waals surface area contributed by atoms with Crippen LogP contribution in [-0.2, 0) is 21.0 Å². The monoisotopic (exact) mass is 484 g/mol. The lowest BCUT2D eigenvalue weighted by Gasteiger charge is -2.30. The summed E-state index contributed by atoms with van der Waals surface area (Å²) in [6, 6.07) is 7.51. The number of nitrogens with zero attached hydrogens (tertiary/aromatic N) is 1. The standard InChI is InChI=1S/C18H19F3N2O4S2.ClH/c19-18(20,21)14-3-1-13(2-4-14)15-5-6-17(28-15)29(26,27)22-23-9-7-12(8-10-23)11-16(24)25;/h1-6,12,22H,7-11H2,(H,24,25);1H. The Balaban J connectivity index is 0.00000320. The molecule has 2 aromatic rings. The smallest absolute Gasteiger partial charge is 0.416 e. The van der Waals surface area contributed by atoms with Crippen LogP contribution in [0.4, 0.5) is 13.2 Å². The Hall–Kier alpha value is -1.66. The number of benzene rings is 1. The highest BCUT2D eigenvalue weighted by molar-refractivity contribution is 7.91. The van der Waals surface area contributed by atoms with Crippen LogP contribution >= 0.6 is 23.7 Å². The maximum Gasteiger partial charge on any atom is 0.416 e. The van der Waals surface area contributed by atoms with Crippen molar-refractivity contribution < 1.29 is 31.5 Å². The zero-order valence-corrected chi connectivity index (χ0v) is 18.0. The van der Waals surface area contributed by atoms with Gasteiger partial charge in [0.2, 0.25) is 0 Å². The van der Waals surface area contributed by atoms with Gasteiger partial charge in [-0.2, -0.15) is 13.2 Å². The van der Waals surface area contributed by atoms with E-state index in [1.165, 1.54) is 18.2 Å². The number of carboxylic acid groups (broad SMARTS) is 1. The van der Waals surface area contributed by atoms with Crippen molar-refractivity contribution in [2.24, 2.45) is 5.92 Å². The summed E-state index contributed by atoms with van der Waals surface area (Å²) >= 11 is 0.968. The van der Waals surface area contributed by atoms with Crippen molar-refractivity contribution in [2.75, 3.05) is 13.1 Å². The number of hydrazine groups is 1. The van der Waals surface area contributed by atoms with Crippen molar-refractivity contribution in [3.63, 3.8) is 0 Å². The third kappa shape index (κ3) is 6.17. The second-order valence-electron chi connectivity index (χ2n) is 6.82. The van der Waals surface area contributed by atoms with Crippen molar-refractivity contribution in [3.8, 4) is 10.4 Å². The van der Waals surface area contributed by atoms with Gasteiger partial charge in [-0.15, -0.1) is 28.6 Å². The number of aliphatic carboxylic acids is 1. The summed E-state index contributed by atoms with van der Waals surface area (Å²) in [6.45, 7) is 0.822. The highest BCUT2D eigenvalue weighted by Crippen LogP contribution is 2.34. The summed E-state index contributed by atoms with van der Waals surface area (Å²) in [5, 5.41) is 10.4. The van der Waals surface area contributed by atoms with E-state index >= 15 is 0 Å². The molecule has 1 aliphatic rings. The normalized spacial score (nSPS) is 16.2. The summed E-state index contributed by atoms with van der Waals surface area (Å²) in [6.07, 6.45) is -3.20. The third-order valence-corrected chi connectivity index (χ3v) is 7.67. The Morgan fingerprint density at radius 3 is 2.27 bits per heavy atom. The summed E-state index contributed by atoms with van der Waals surface area (Å²) in [7, 11) is -3.82. The van der Waals surface area contributed by atoms with Crippen molar-refractivity contribution in [2.45, 2.75) is 29.6 Å². The lowest BCUT2D eigenvalue weighted by Crippen LogP contribution is -2.46. The van der Waals surface area contributed by atoms with Gasteiger partial charge in [-0.25, -0.2) is 13.4 Å². The Morgan fingerprint density at radius 1 is 1.13 bits per heavy atom. The molecule has 1 aliphatic heterocycles. The van der Waals surface area contributed by atoms with Crippen LogP contribution in [0, 0.1) is 5.92 Å². The van der Waals surface area contributed by atoms with Crippen molar-refractivity contribution in [1.82, 2.24) is 9.84 Å². The molecule has 2 N–H and O–H groups in total. The van der Waals surface area contributed by atoms with Gasteiger partial charge in [-0.3, -0.25) is 4.79 Å². The van der Waals surface area contributed by atoms with E-state index in [-0.39, 0.29) is 29.0 Å². The molecule has 0 bridgehead atoms. The molecule has 6 nitrogen and oxygen atoms in total. The number of hydrogen-bond donors (Lipinski definition) is 2. The average Bonchev–Trinajstić information content (AvgIpc) is 3.13. The molecule has 1 fully saturated rings.